The molecule has 0 fully saturated rings. The molecule has 1 aliphatic rings. The van der Waals surface area contributed by atoms with Gasteiger partial charge in [0, 0.05) is 6.42 Å². The van der Waals surface area contributed by atoms with E-state index in [4.69, 9.17) is 23.2 Å². The van der Waals surface area contributed by atoms with E-state index in [1.54, 1.807) is 18.2 Å². The molecule has 0 saturated heterocycles. The van der Waals surface area contributed by atoms with Gasteiger partial charge in [0.1, 0.15) is 6.04 Å². The average molecular weight is 354 g/mol. The first-order chi connectivity index (χ1) is 11.0. The lowest BCUT2D eigenvalue weighted by Gasteiger charge is -2.11. The molecular weight excluding hydrogens is 341 g/mol. The number of benzene rings is 1. The molecule has 1 aromatic carbocycles. The third-order valence-corrected chi connectivity index (χ3v) is 4.25. The topological polar surface area (TPSA) is 88.9 Å². The van der Waals surface area contributed by atoms with Gasteiger partial charge in [0.25, 0.3) is 5.91 Å². The molecule has 2 aromatic rings. The Balaban J connectivity index is 1.74. The largest absolute Gasteiger partial charge is 0.325 e. The number of halogens is 2. The van der Waals surface area contributed by atoms with Crippen LogP contribution in [0.2, 0.25) is 10.0 Å². The molecule has 1 aliphatic heterocycles. The number of carbonyl (C=O) groups is 2. The van der Waals surface area contributed by atoms with Crippen LogP contribution in [-0.4, -0.2) is 26.6 Å². The van der Waals surface area contributed by atoms with E-state index < -0.39 is 6.04 Å². The zero-order valence-electron chi connectivity index (χ0n) is 12.1. The Morgan fingerprint density at radius 2 is 2.22 bits per heavy atom. The van der Waals surface area contributed by atoms with Gasteiger partial charge in [-0.05, 0) is 12.1 Å². The molecule has 0 radical (unpaired) electrons. The lowest BCUT2D eigenvalue weighted by Crippen LogP contribution is -2.24. The van der Waals surface area contributed by atoms with Gasteiger partial charge in [-0.15, -0.1) is 0 Å². The van der Waals surface area contributed by atoms with Gasteiger partial charge >= 0.3 is 0 Å². The smallest absolute Gasteiger partial charge is 0.252 e. The van der Waals surface area contributed by atoms with Crippen molar-refractivity contribution in [1.82, 2.24) is 14.8 Å². The second-order valence-corrected chi connectivity index (χ2v) is 5.79. The van der Waals surface area contributed by atoms with Crippen molar-refractivity contribution in [3.63, 3.8) is 0 Å². The summed E-state index contributed by atoms with van der Waals surface area (Å²) < 4.78 is 1.44. The fourth-order valence-electron chi connectivity index (χ4n) is 2.28. The monoisotopic (exact) mass is 353 g/mol. The predicted octanol–water partition coefficient (Wildman–Crippen LogP) is 2.67. The van der Waals surface area contributed by atoms with Crippen LogP contribution in [0, 0.1) is 0 Å². The van der Waals surface area contributed by atoms with Gasteiger partial charge in [-0.25, -0.2) is 4.68 Å². The molecule has 0 spiro atoms. The van der Waals surface area contributed by atoms with Crippen molar-refractivity contribution in [2.75, 3.05) is 10.6 Å². The van der Waals surface area contributed by atoms with Gasteiger partial charge in [0.05, 0.1) is 22.2 Å². The van der Waals surface area contributed by atoms with Gasteiger partial charge in [0.2, 0.25) is 11.9 Å². The van der Waals surface area contributed by atoms with Crippen LogP contribution in [0.15, 0.2) is 18.2 Å². The van der Waals surface area contributed by atoms with Crippen molar-refractivity contribution >= 4 is 46.7 Å². The first-order valence-corrected chi connectivity index (χ1v) is 7.75. The summed E-state index contributed by atoms with van der Waals surface area (Å²) in [6, 6.07) is 4.21. The average Bonchev–Trinajstić information content (AvgIpc) is 3.03. The van der Waals surface area contributed by atoms with Crippen molar-refractivity contribution in [1.29, 1.82) is 0 Å². The molecule has 2 N–H and O–H groups in total. The number of hydrogen-bond acceptors (Lipinski definition) is 4. The van der Waals surface area contributed by atoms with Crippen LogP contribution in [0.4, 0.5) is 11.6 Å². The Bertz CT molecular complexity index is 789. The molecule has 0 bridgehead atoms. The summed E-state index contributed by atoms with van der Waals surface area (Å²) in [5.41, 5.74) is 0.399. The maximum absolute atomic E-state index is 12.2. The van der Waals surface area contributed by atoms with Crippen LogP contribution < -0.4 is 10.6 Å². The normalized spacial score (nSPS) is 16.1. The van der Waals surface area contributed by atoms with Crippen LogP contribution in [0.3, 0.4) is 0 Å². The zero-order valence-corrected chi connectivity index (χ0v) is 13.6. The van der Waals surface area contributed by atoms with Gasteiger partial charge < -0.3 is 5.32 Å². The van der Waals surface area contributed by atoms with Crippen LogP contribution in [0.1, 0.15) is 25.2 Å². The van der Waals surface area contributed by atoms with Crippen molar-refractivity contribution in [2.24, 2.45) is 0 Å². The van der Waals surface area contributed by atoms with E-state index in [0.717, 1.165) is 0 Å². The molecule has 2 amide bonds. The number of rotatable bonds is 4. The molecule has 120 valence electrons. The third-order valence-electron chi connectivity index (χ3n) is 3.43. The van der Waals surface area contributed by atoms with Crippen molar-refractivity contribution in [3.8, 4) is 0 Å². The van der Waals surface area contributed by atoms with Crippen molar-refractivity contribution in [2.45, 2.75) is 25.8 Å². The fourth-order valence-corrected chi connectivity index (χ4v) is 2.63. The Morgan fingerprint density at radius 3 is 2.96 bits per heavy atom. The summed E-state index contributed by atoms with van der Waals surface area (Å²) in [4.78, 5) is 28.3. The SMILES string of the molecule is CCc1nc2n(n1)[C@@H](CC(=O)Nc1cccc(Cl)c1Cl)C(=O)N2. The number of carbonyl (C=O) groups excluding carboxylic acids is 2. The summed E-state index contributed by atoms with van der Waals surface area (Å²) in [5.74, 6) is 0.305. The first kappa shape index (κ1) is 15.8. The highest BCUT2D eigenvalue weighted by Crippen LogP contribution is 2.30. The number of nitrogens with zero attached hydrogens (tertiary/aromatic N) is 3. The molecule has 3 rings (SSSR count). The van der Waals surface area contributed by atoms with Gasteiger partial charge in [-0.3, -0.25) is 14.9 Å². The number of fused-ring (bicyclic) bond motifs is 1. The van der Waals surface area contributed by atoms with Gasteiger partial charge in [0.15, 0.2) is 5.82 Å². The van der Waals surface area contributed by atoms with Crippen LogP contribution in [0.5, 0.6) is 0 Å². The van der Waals surface area contributed by atoms with Crippen LogP contribution in [-0.2, 0) is 16.0 Å². The summed E-state index contributed by atoms with van der Waals surface area (Å²) in [6.07, 6.45) is 0.571. The summed E-state index contributed by atoms with van der Waals surface area (Å²) in [6.45, 7) is 1.91. The summed E-state index contributed by atoms with van der Waals surface area (Å²) >= 11 is 11.9. The van der Waals surface area contributed by atoms with E-state index in [9.17, 15) is 9.59 Å². The molecule has 23 heavy (non-hydrogen) atoms. The molecule has 1 atom stereocenters. The minimum absolute atomic E-state index is 0.0752. The number of hydrogen-bond donors (Lipinski definition) is 2. The quantitative estimate of drug-likeness (QED) is 0.884. The van der Waals surface area contributed by atoms with E-state index in [1.807, 2.05) is 6.92 Å². The third kappa shape index (κ3) is 3.02. The first-order valence-electron chi connectivity index (χ1n) is 6.99. The Kier molecular flexibility index (Phi) is 4.23. The Morgan fingerprint density at radius 1 is 1.43 bits per heavy atom. The van der Waals surface area contributed by atoms with E-state index in [2.05, 4.69) is 20.7 Å². The highest BCUT2D eigenvalue weighted by Gasteiger charge is 2.34. The molecular formula is C14H13Cl2N5O2. The lowest BCUT2D eigenvalue weighted by molar-refractivity contribution is -0.123. The number of nitrogens with one attached hydrogen (secondary N) is 2. The highest BCUT2D eigenvalue weighted by molar-refractivity contribution is 6.44. The van der Waals surface area contributed by atoms with Gasteiger partial charge in [-0.1, -0.05) is 36.2 Å². The van der Waals surface area contributed by atoms with Crippen molar-refractivity contribution < 1.29 is 9.59 Å². The highest BCUT2D eigenvalue weighted by atomic mass is 35.5. The Hall–Kier alpha value is -2.12. The van der Waals surface area contributed by atoms with Crippen LogP contribution >= 0.6 is 23.2 Å². The maximum Gasteiger partial charge on any atom is 0.252 e. The molecule has 7 nitrogen and oxygen atoms in total. The standard InChI is InChI=1S/C14H13Cl2N5O2/c1-2-10-18-14-19-13(23)9(21(14)20-10)6-11(22)17-8-5-3-4-7(15)12(8)16/h3-5,9H,2,6H2,1H3,(H,17,22)(H,18,19,20,23)/t9-/m0/s1. The molecule has 0 unspecified atom stereocenters. The van der Waals surface area contributed by atoms with E-state index >= 15 is 0 Å². The molecule has 0 saturated carbocycles. The van der Waals surface area contributed by atoms with E-state index in [-0.39, 0.29) is 23.3 Å². The molecule has 0 aliphatic carbocycles. The van der Waals surface area contributed by atoms with E-state index in [1.165, 1.54) is 4.68 Å². The summed E-state index contributed by atoms with van der Waals surface area (Å²) in [7, 11) is 0. The second kappa shape index (κ2) is 6.17. The fraction of sp³-hybridized carbons (Fsp3) is 0.286. The maximum atomic E-state index is 12.2. The van der Waals surface area contributed by atoms with Gasteiger partial charge in [-0.2, -0.15) is 10.1 Å². The number of amides is 2. The predicted molar refractivity (Wildman–Crippen MR) is 86.8 cm³/mol. The number of aryl methyl sites for hydroxylation is 1. The Labute approximate surface area is 142 Å². The molecule has 2 heterocycles. The zero-order chi connectivity index (χ0) is 16.6. The molecule has 1 aromatic heterocycles. The summed E-state index contributed by atoms with van der Waals surface area (Å²) in [5, 5.41) is 10.1. The van der Waals surface area contributed by atoms with E-state index in [0.29, 0.717) is 28.9 Å². The molecule has 9 heteroatoms. The minimum atomic E-state index is -0.726. The minimum Gasteiger partial charge on any atom is -0.325 e. The van der Waals surface area contributed by atoms with Crippen molar-refractivity contribution in [3.05, 3.63) is 34.1 Å². The number of anilines is 2. The second-order valence-electron chi connectivity index (χ2n) is 5.01. The van der Waals surface area contributed by atoms with Crippen LogP contribution in [0.25, 0.3) is 0 Å². The lowest BCUT2D eigenvalue weighted by atomic mass is 10.2. The number of aromatic nitrogens is 3.